The van der Waals surface area contributed by atoms with Crippen molar-refractivity contribution in [2.45, 2.75) is 38.8 Å². The molecule has 2 N–H and O–H groups in total. The molecule has 1 aromatic rings. The van der Waals surface area contributed by atoms with Crippen LogP contribution < -0.4 is 10.1 Å². The molecule has 5 nitrogen and oxygen atoms in total. The van der Waals surface area contributed by atoms with Gasteiger partial charge < -0.3 is 15.2 Å². The number of nitrogens with one attached hydrogen (secondary N) is 1. The Morgan fingerprint density at radius 2 is 2.10 bits per heavy atom. The van der Waals surface area contributed by atoms with Crippen molar-refractivity contribution in [1.82, 2.24) is 5.32 Å². The number of ether oxygens (including phenoxy) is 1. The Kier molecular flexibility index (Phi) is 4.73. The lowest BCUT2D eigenvalue weighted by Crippen LogP contribution is -2.50. The largest absolute Gasteiger partial charge is 0.481 e. The van der Waals surface area contributed by atoms with Crippen LogP contribution >= 0.6 is 11.6 Å². The van der Waals surface area contributed by atoms with E-state index in [-0.39, 0.29) is 17.9 Å². The van der Waals surface area contributed by atoms with Crippen LogP contribution in [0.5, 0.6) is 5.75 Å². The monoisotopic (exact) mass is 311 g/mol. The molecule has 6 heteroatoms. The molecule has 1 aromatic carbocycles. The third-order valence-corrected chi connectivity index (χ3v) is 4.07. The summed E-state index contributed by atoms with van der Waals surface area (Å²) in [6.07, 6.45) is 0.316. The SMILES string of the molecule is Cc1cc(OC(C)C(=O)NC2CC(C(=O)O)C2)ccc1Cl. The number of rotatable bonds is 5. The summed E-state index contributed by atoms with van der Waals surface area (Å²) in [7, 11) is 0. The molecule has 1 saturated carbocycles. The molecule has 1 atom stereocenters. The molecule has 2 rings (SSSR count). The van der Waals surface area contributed by atoms with Crippen molar-refractivity contribution in [3.8, 4) is 5.75 Å². The summed E-state index contributed by atoms with van der Waals surface area (Å²) < 4.78 is 5.57. The fourth-order valence-corrected chi connectivity index (χ4v) is 2.32. The second kappa shape index (κ2) is 6.35. The van der Waals surface area contributed by atoms with E-state index in [0.717, 1.165) is 5.56 Å². The maximum absolute atomic E-state index is 12.0. The van der Waals surface area contributed by atoms with Gasteiger partial charge in [-0.2, -0.15) is 0 Å². The van der Waals surface area contributed by atoms with Gasteiger partial charge in [-0.15, -0.1) is 0 Å². The minimum atomic E-state index is -0.804. The molecule has 0 bridgehead atoms. The van der Waals surface area contributed by atoms with Gasteiger partial charge in [0.15, 0.2) is 6.10 Å². The second-order valence-corrected chi connectivity index (χ2v) is 5.79. The van der Waals surface area contributed by atoms with E-state index in [1.165, 1.54) is 0 Å². The van der Waals surface area contributed by atoms with E-state index in [2.05, 4.69) is 5.32 Å². The first-order chi connectivity index (χ1) is 9.86. The van der Waals surface area contributed by atoms with E-state index < -0.39 is 12.1 Å². The van der Waals surface area contributed by atoms with Gasteiger partial charge >= 0.3 is 5.97 Å². The highest BCUT2D eigenvalue weighted by atomic mass is 35.5. The molecular weight excluding hydrogens is 294 g/mol. The van der Waals surface area contributed by atoms with Crippen LogP contribution in [0.3, 0.4) is 0 Å². The number of aliphatic carboxylic acids is 1. The summed E-state index contributed by atoms with van der Waals surface area (Å²) >= 11 is 5.93. The van der Waals surface area contributed by atoms with Crippen molar-refractivity contribution in [1.29, 1.82) is 0 Å². The fraction of sp³-hybridized carbons (Fsp3) is 0.467. The second-order valence-electron chi connectivity index (χ2n) is 5.38. The van der Waals surface area contributed by atoms with Crippen LogP contribution in [0.1, 0.15) is 25.3 Å². The molecule has 114 valence electrons. The Morgan fingerprint density at radius 1 is 1.43 bits per heavy atom. The lowest BCUT2D eigenvalue weighted by molar-refractivity contribution is -0.146. The number of benzene rings is 1. The summed E-state index contributed by atoms with van der Waals surface area (Å²) in [5.74, 6) is -0.806. The molecule has 1 aliphatic rings. The zero-order valence-corrected chi connectivity index (χ0v) is 12.7. The molecule has 1 unspecified atom stereocenters. The van der Waals surface area contributed by atoms with Gasteiger partial charge in [-0.3, -0.25) is 9.59 Å². The summed E-state index contributed by atoms with van der Waals surface area (Å²) in [6.45, 7) is 3.52. The highest BCUT2D eigenvalue weighted by Gasteiger charge is 2.36. The average Bonchev–Trinajstić information content (AvgIpc) is 2.36. The Morgan fingerprint density at radius 3 is 2.67 bits per heavy atom. The van der Waals surface area contributed by atoms with E-state index in [0.29, 0.717) is 23.6 Å². The summed E-state index contributed by atoms with van der Waals surface area (Å²) in [6, 6.07) is 5.13. The van der Waals surface area contributed by atoms with Crippen molar-refractivity contribution in [3.05, 3.63) is 28.8 Å². The number of hydrogen-bond acceptors (Lipinski definition) is 3. The Labute approximate surface area is 128 Å². The van der Waals surface area contributed by atoms with Gasteiger partial charge in [-0.1, -0.05) is 11.6 Å². The van der Waals surface area contributed by atoms with Crippen LogP contribution in [-0.4, -0.2) is 29.1 Å². The first-order valence-corrected chi connectivity index (χ1v) is 7.20. The summed E-state index contributed by atoms with van der Waals surface area (Å²) in [5, 5.41) is 12.2. The van der Waals surface area contributed by atoms with E-state index in [1.807, 2.05) is 6.92 Å². The highest BCUT2D eigenvalue weighted by molar-refractivity contribution is 6.31. The lowest BCUT2D eigenvalue weighted by Gasteiger charge is -2.33. The molecule has 1 fully saturated rings. The third kappa shape index (κ3) is 3.88. The van der Waals surface area contributed by atoms with Crippen molar-refractivity contribution in [2.24, 2.45) is 5.92 Å². The smallest absolute Gasteiger partial charge is 0.306 e. The predicted molar refractivity (Wildman–Crippen MR) is 78.6 cm³/mol. The lowest BCUT2D eigenvalue weighted by atomic mass is 9.80. The molecular formula is C15H18ClNO4. The highest BCUT2D eigenvalue weighted by Crippen LogP contribution is 2.27. The molecule has 0 aliphatic heterocycles. The zero-order valence-electron chi connectivity index (χ0n) is 11.9. The number of carboxylic acids is 1. The van der Waals surface area contributed by atoms with Crippen LogP contribution in [0.25, 0.3) is 0 Å². The maximum atomic E-state index is 12.0. The van der Waals surface area contributed by atoms with Gasteiger partial charge in [0.2, 0.25) is 0 Å². The standard InChI is InChI=1S/C15H18ClNO4/c1-8-5-12(3-4-13(8)16)21-9(2)14(18)17-11-6-10(7-11)15(19)20/h3-5,9-11H,6-7H2,1-2H3,(H,17,18)(H,19,20). The minimum absolute atomic E-state index is 0.0726. The number of aryl methyl sites for hydroxylation is 1. The van der Waals surface area contributed by atoms with Gasteiger partial charge in [0.05, 0.1) is 5.92 Å². The molecule has 21 heavy (non-hydrogen) atoms. The Bertz CT molecular complexity index is 555. The molecule has 0 heterocycles. The van der Waals surface area contributed by atoms with Crippen molar-refractivity contribution in [3.63, 3.8) is 0 Å². The van der Waals surface area contributed by atoms with Crippen LogP contribution in [-0.2, 0) is 9.59 Å². The molecule has 1 aliphatic carbocycles. The topological polar surface area (TPSA) is 75.6 Å². The van der Waals surface area contributed by atoms with Crippen molar-refractivity contribution in [2.75, 3.05) is 0 Å². The third-order valence-electron chi connectivity index (χ3n) is 3.65. The van der Waals surface area contributed by atoms with Crippen molar-refractivity contribution >= 4 is 23.5 Å². The number of carbonyl (C=O) groups is 2. The number of carbonyl (C=O) groups excluding carboxylic acids is 1. The van der Waals surface area contributed by atoms with Gasteiger partial charge in [-0.05, 0) is 50.5 Å². The average molecular weight is 312 g/mol. The summed E-state index contributed by atoms with van der Waals surface area (Å²) in [5.41, 5.74) is 0.880. The van der Waals surface area contributed by atoms with Crippen molar-refractivity contribution < 1.29 is 19.4 Å². The zero-order chi connectivity index (χ0) is 15.6. The number of amides is 1. The summed E-state index contributed by atoms with van der Waals surface area (Å²) in [4.78, 5) is 22.7. The fourth-order valence-electron chi connectivity index (χ4n) is 2.20. The van der Waals surface area contributed by atoms with Crippen LogP contribution in [0.15, 0.2) is 18.2 Å². The van der Waals surface area contributed by atoms with E-state index in [4.69, 9.17) is 21.4 Å². The van der Waals surface area contributed by atoms with E-state index >= 15 is 0 Å². The molecule has 0 aromatic heterocycles. The number of halogens is 1. The molecule has 0 saturated heterocycles. The normalized spacial score (nSPS) is 22.0. The van der Waals surface area contributed by atoms with Gasteiger partial charge in [0.25, 0.3) is 5.91 Å². The Hall–Kier alpha value is -1.75. The maximum Gasteiger partial charge on any atom is 0.306 e. The quantitative estimate of drug-likeness (QED) is 0.875. The van der Waals surface area contributed by atoms with E-state index in [9.17, 15) is 9.59 Å². The first kappa shape index (κ1) is 15.6. The number of hydrogen-bond donors (Lipinski definition) is 2. The minimum Gasteiger partial charge on any atom is -0.481 e. The first-order valence-electron chi connectivity index (χ1n) is 6.83. The van der Waals surface area contributed by atoms with Crippen LogP contribution in [0, 0.1) is 12.8 Å². The molecule has 0 radical (unpaired) electrons. The molecule has 0 spiro atoms. The van der Waals surface area contributed by atoms with Crippen LogP contribution in [0.2, 0.25) is 5.02 Å². The number of carboxylic acid groups (broad SMARTS) is 1. The van der Waals surface area contributed by atoms with E-state index in [1.54, 1.807) is 25.1 Å². The van der Waals surface area contributed by atoms with Gasteiger partial charge in [-0.25, -0.2) is 0 Å². The van der Waals surface area contributed by atoms with Crippen LogP contribution in [0.4, 0.5) is 0 Å². The van der Waals surface area contributed by atoms with Gasteiger partial charge in [0, 0.05) is 11.1 Å². The Balaban J connectivity index is 1.83. The predicted octanol–water partition coefficient (Wildman–Crippen LogP) is 2.40. The molecule has 1 amide bonds. The van der Waals surface area contributed by atoms with Gasteiger partial charge in [0.1, 0.15) is 5.75 Å².